The number of ether oxygens (including phenoxy) is 1. The molecule has 3 N–H and O–H groups in total. The summed E-state index contributed by atoms with van der Waals surface area (Å²) in [4.78, 5) is 0. The normalized spacial score (nSPS) is 17.2. The second kappa shape index (κ2) is 6.36. The lowest BCUT2D eigenvalue weighted by Crippen LogP contribution is -2.30. The molecule has 2 rings (SSSR count). The first-order chi connectivity index (χ1) is 8.76. The number of nitrogens with two attached hydrogens (primary N) is 1. The fourth-order valence-corrected chi connectivity index (χ4v) is 2.87. The molecule has 0 aliphatic heterocycles. The quantitative estimate of drug-likeness (QED) is 0.508. The minimum Gasteiger partial charge on any atom is -0.497 e. The van der Waals surface area contributed by atoms with Gasteiger partial charge in [0.2, 0.25) is 0 Å². The molecule has 0 aromatic heterocycles. The van der Waals surface area contributed by atoms with Gasteiger partial charge in [0.05, 0.1) is 13.2 Å². The highest BCUT2D eigenvalue weighted by atomic mass is 79.9. The lowest BCUT2D eigenvalue weighted by atomic mass is 9.90. The molecule has 1 aliphatic carbocycles. The molecule has 1 aromatic carbocycles. The van der Waals surface area contributed by atoms with Crippen molar-refractivity contribution in [3.05, 3.63) is 39.9 Å². The SMILES string of the molecule is COc1ccc(Br)c(C(NN)C2=CCCCC2)c1. The van der Waals surface area contributed by atoms with Crippen LogP contribution in [0.3, 0.4) is 0 Å². The van der Waals surface area contributed by atoms with Gasteiger partial charge in [-0.1, -0.05) is 27.6 Å². The van der Waals surface area contributed by atoms with Crippen LogP contribution < -0.4 is 16.0 Å². The molecule has 1 atom stereocenters. The Balaban J connectivity index is 2.34. The van der Waals surface area contributed by atoms with Gasteiger partial charge in [-0.25, -0.2) is 5.43 Å². The highest BCUT2D eigenvalue weighted by Crippen LogP contribution is 2.34. The van der Waals surface area contributed by atoms with Crippen LogP contribution in [0.25, 0.3) is 0 Å². The first kappa shape index (κ1) is 13.6. The van der Waals surface area contributed by atoms with E-state index in [0.29, 0.717) is 0 Å². The molecule has 3 nitrogen and oxygen atoms in total. The highest BCUT2D eigenvalue weighted by molar-refractivity contribution is 9.10. The van der Waals surface area contributed by atoms with Crippen LogP contribution in [0.5, 0.6) is 5.75 Å². The third-order valence-electron chi connectivity index (χ3n) is 3.38. The van der Waals surface area contributed by atoms with Gasteiger partial charge in [-0.15, -0.1) is 0 Å². The molecule has 98 valence electrons. The smallest absolute Gasteiger partial charge is 0.119 e. The van der Waals surface area contributed by atoms with E-state index in [-0.39, 0.29) is 6.04 Å². The molecule has 1 unspecified atom stereocenters. The number of hydrogen-bond acceptors (Lipinski definition) is 3. The fourth-order valence-electron chi connectivity index (χ4n) is 2.39. The monoisotopic (exact) mass is 310 g/mol. The molecule has 0 saturated heterocycles. The Bertz CT molecular complexity index is 445. The average molecular weight is 311 g/mol. The van der Waals surface area contributed by atoms with E-state index in [1.807, 2.05) is 18.2 Å². The van der Waals surface area contributed by atoms with Gasteiger partial charge in [-0.2, -0.15) is 0 Å². The highest BCUT2D eigenvalue weighted by Gasteiger charge is 2.19. The molecule has 4 heteroatoms. The summed E-state index contributed by atoms with van der Waals surface area (Å²) in [6.07, 6.45) is 7.08. The summed E-state index contributed by atoms with van der Waals surface area (Å²) in [6, 6.07) is 6.04. The number of rotatable bonds is 4. The maximum Gasteiger partial charge on any atom is 0.119 e. The Morgan fingerprint density at radius 3 is 2.83 bits per heavy atom. The number of nitrogens with one attached hydrogen (secondary N) is 1. The Morgan fingerprint density at radius 1 is 1.39 bits per heavy atom. The first-order valence-corrected chi connectivity index (χ1v) is 7.04. The summed E-state index contributed by atoms with van der Waals surface area (Å²) in [7, 11) is 1.68. The van der Waals surface area contributed by atoms with Crippen LogP contribution in [0, 0.1) is 0 Å². The predicted molar refractivity (Wildman–Crippen MR) is 77.3 cm³/mol. The zero-order valence-corrected chi connectivity index (χ0v) is 12.2. The molecule has 18 heavy (non-hydrogen) atoms. The van der Waals surface area contributed by atoms with E-state index in [2.05, 4.69) is 27.4 Å². The van der Waals surface area contributed by atoms with Crippen LogP contribution in [0.1, 0.15) is 37.3 Å². The van der Waals surface area contributed by atoms with E-state index in [1.54, 1.807) is 7.11 Å². The number of methoxy groups -OCH3 is 1. The van der Waals surface area contributed by atoms with E-state index in [9.17, 15) is 0 Å². The fraction of sp³-hybridized carbons (Fsp3) is 0.429. The minimum absolute atomic E-state index is 0.0646. The summed E-state index contributed by atoms with van der Waals surface area (Å²) < 4.78 is 6.34. The average Bonchev–Trinajstić information content (AvgIpc) is 2.43. The summed E-state index contributed by atoms with van der Waals surface area (Å²) >= 11 is 3.59. The summed E-state index contributed by atoms with van der Waals surface area (Å²) in [5.74, 6) is 6.60. The van der Waals surface area contributed by atoms with Crippen molar-refractivity contribution in [2.75, 3.05) is 7.11 Å². The number of allylic oxidation sites excluding steroid dienone is 1. The molecule has 0 heterocycles. The van der Waals surface area contributed by atoms with Gasteiger partial charge >= 0.3 is 0 Å². The van der Waals surface area contributed by atoms with Crippen molar-refractivity contribution in [1.29, 1.82) is 0 Å². The minimum atomic E-state index is 0.0646. The van der Waals surface area contributed by atoms with Gasteiger partial charge in [-0.3, -0.25) is 5.84 Å². The zero-order valence-electron chi connectivity index (χ0n) is 10.6. The zero-order chi connectivity index (χ0) is 13.0. The van der Waals surface area contributed by atoms with Crippen LogP contribution in [0.15, 0.2) is 34.3 Å². The topological polar surface area (TPSA) is 47.3 Å². The van der Waals surface area contributed by atoms with E-state index >= 15 is 0 Å². The number of hydrazine groups is 1. The number of benzene rings is 1. The molecule has 0 fully saturated rings. The first-order valence-electron chi connectivity index (χ1n) is 6.24. The Hall–Kier alpha value is -0.840. The lowest BCUT2D eigenvalue weighted by molar-refractivity contribution is 0.413. The van der Waals surface area contributed by atoms with Crippen LogP contribution >= 0.6 is 15.9 Å². The van der Waals surface area contributed by atoms with Crippen LogP contribution in [0.4, 0.5) is 0 Å². The maximum atomic E-state index is 5.74. The lowest BCUT2D eigenvalue weighted by Gasteiger charge is -2.24. The van der Waals surface area contributed by atoms with Gasteiger partial charge in [-0.05, 0) is 49.4 Å². The summed E-state index contributed by atoms with van der Waals surface area (Å²) in [6.45, 7) is 0. The second-order valence-corrected chi connectivity index (χ2v) is 5.37. The largest absolute Gasteiger partial charge is 0.497 e. The number of halogens is 1. The van der Waals surface area contributed by atoms with E-state index < -0.39 is 0 Å². The van der Waals surface area contributed by atoms with Gasteiger partial charge in [0.1, 0.15) is 5.75 Å². The molecular formula is C14H19BrN2O. The number of hydrogen-bond donors (Lipinski definition) is 2. The van der Waals surface area contributed by atoms with Crippen LogP contribution in [0.2, 0.25) is 0 Å². The van der Waals surface area contributed by atoms with E-state index in [0.717, 1.165) is 28.6 Å². The van der Waals surface area contributed by atoms with Crippen LogP contribution in [-0.4, -0.2) is 7.11 Å². The van der Waals surface area contributed by atoms with Crippen molar-refractivity contribution < 1.29 is 4.74 Å². The van der Waals surface area contributed by atoms with Crippen molar-refractivity contribution in [1.82, 2.24) is 5.43 Å². The molecular weight excluding hydrogens is 292 g/mol. The van der Waals surface area contributed by atoms with E-state index in [1.165, 1.54) is 18.4 Å². The molecule has 0 amide bonds. The van der Waals surface area contributed by atoms with Gasteiger partial charge in [0.25, 0.3) is 0 Å². The van der Waals surface area contributed by atoms with Crippen molar-refractivity contribution in [2.45, 2.75) is 31.7 Å². The summed E-state index contributed by atoms with van der Waals surface area (Å²) in [5.41, 5.74) is 5.43. The van der Waals surface area contributed by atoms with Gasteiger partial charge in [0.15, 0.2) is 0 Å². The molecule has 0 spiro atoms. The predicted octanol–water partition coefficient (Wildman–Crippen LogP) is 3.46. The Labute approximate surface area is 116 Å². The third kappa shape index (κ3) is 2.94. The van der Waals surface area contributed by atoms with Crippen molar-refractivity contribution in [3.63, 3.8) is 0 Å². The second-order valence-electron chi connectivity index (χ2n) is 4.51. The molecule has 0 saturated carbocycles. The molecule has 0 radical (unpaired) electrons. The van der Waals surface area contributed by atoms with Gasteiger partial charge < -0.3 is 4.74 Å². The van der Waals surface area contributed by atoms with Crippen molar-refractivity contribution >= 4 is 15.9 Å². The van der Waals surface area contributed by atoms with Gasteiger partial charge in [0, 0.05) is 4.47 Å². The van der Waals surface area contributed by atoms with E-state index in [4.69, 9.17) is 10.6 Å². The summed E-state index contributed by atoms with van der Waals surface area (Å²) in [5, 5.41) is 0. The standard InChI is InChI=1S/C14H19BrN2O/c1-18-11-7-8-13(15)12(9-11)14(17-16)10-5-3-2-4-6-10/h5,7-9,14,17H,2-4,6,16H2,1H3. The Kier molecular flexibility index (Phi) is 4.80. The molecule has 1 aromatic rings. The molecule has 0 bridgehead atoms. The van der Waals surface area contributed by atoms with Crippen LogP contribution in [-0.2, 0) is 0 Å². The Morgan fingerprint density at radius 2 is 2.22 bits per heavy atom. The third-order valence-corrected chi connectivity index (χ3v) is 4.10. The van der Waals surface area contributed by atoms with Crippen molar-refractivity contribution in [3.8, 4) is 5.75 Å². The maximum absolute atomic E-state index is 5.74. The van der Waals surface area contributed by atoms with Crippen molar-refractivity contribution in [2.24, 2.45) is 5.84 Å². The molecule has 1 aliphatic rings.